The molecule has 1 amide bonds. The largest absolute Gasteiger partial charge is 0.339 e. The van der Waals surface area contributed by atoms with E-state index in [9.17, 15) is 4.79 Å². The van der Waals surface area contributed by atoms with Gasteiger partial charge < -0.3 is 10.2 Å². The summed E-state index contributed by atoms with van der Waals surface area (Å²) in [6, 6.07) is 1.09. The Kier molecular flexibility index (Phi) is 5.01. The number of likely N-dealkylation sites (N-methyl/N-ethyl adjacent to an activating group) is 1. The zero-order valence-corrected chi connectivity index (χ0v) is 11.8. The molecule has 4 nitrogen and oxygen atoms in total. The van der Waals surface area contributed by atoms with Crippen molar-refractivity contribution in [1.29, 1.82) is 0 Å². The van der Waals surface area contributed by atoms with Gasteiger partial charge in [-0.05, 0) is 26.3 Å². The highest BCUT2D eigenvalue weighted by Gasteiger charge is 2.26. The second-order valence-corrected chi connectivity index (χ2v) is 5.68. The third-order valence-electron chi connectivity index (χ3n) is 4.42. The lowest BCUT2D eigenvalue weighted by Gasteiger charge is -2.39. The third kappa shape index (κ3) is 3.45. The molecule has 104 valence electrons. The quantitative estimate of drug-likeness (QED) is 0.814. The molecule has 0 spiro atoms. The van der Waals surface area contributed by atoms with E-state index in [1.165, 1.54) is 25.7 Å². The molecule has 1 heterocycles. The molecule has 0 aromatic carbocycles. The summed E-state index contributed by atoms with van der Waals surface area (Å²) in [4.78, 5) is 16.6. The molecule has 2 fully saturated rings. The summed E-state index contributed by atoms with van der Waals surface area (Å²) in [5.74, 6) is 0.282. The van der Waals surface area contributed by atoms with E-state index in [2.05, 4.69) is 24.1 Å². The molecule has 2 rings (SSSR count). The standard InChI is InChI=1S/C14H27N3O/c1-3-16-8-9-17(11-12(16)2)14(18)10-15-13-6-4-5-7-13/h12-13,15H,3-11H2,1-2H3. The van der Waals surface area contributed by atoms with Crippen LogP contribution >= 0.6 is 0 Å². The van der Waals surface area contributed by atoms with Crippen molar-refractivity contribution in [3.8, 4) is 0 Å². The van der Waals surface area contributed by atoms with Crippen molar-refractivity contribution < 1.29 is 4.79 Å². The van der Waals surface area contributed by atoms with E-state index in [0.717, 1.165) is 26.2 Å². The van der Waals surface area contributed by atoms with Crippen molar-refractivity contribution in [3.63, 3.8) is 0 Å². The monoisotopic (exact) mass is 253 g/mol. The maximum atomic E-state index is 12.1. The van der Waals surface area contributed by atoms with Crippen molar-refractivity contribution in [2.75, 3.05) is 32.7 Å². The van der Waals surface area contributed by atoms with Crippen LogP contribution in [0.4, 0.5) is 0 Å². The van der Waals surface area contributed by atoms with E-state index >= 15 is 0 Å². The Morgan fingerprint density at radius 2 is 2.00 bits per heavy atom. The van der Waals surface area contributed by atoms with Gasteiger partial charge in [0.2, 0.25) is 5.91 Å². The first-order valence-corrected chi connectivity index (χ1v) is 7.46. The lowest BCUT2D eigenvalue weighted by molar-refractivity contribution is -0.133. The number of nitrogens with zero attached hydrogens (tertiary/aromatic N) is 2. The predicted molar refractivity (Wildman–Crippen MR) is 73.5 cm³/mol. The van der Waals surface area contributed by atoms with Crippen LogP contribution in [0.3, 0.4) is 0 Å². The Bertz CT molecular complexity index is 276. The van der Waals surface area contributed by atoms with E-state index in [4.69, 9.17) is 0 Å². The van der Waals surface area contributed by atoms with Gasteiger partial charge >= 0.3 is 0 Å². The average molecular weight is 253 g/mol. The number of nitrogens with one attached hydrogen (secondary N) is 1. The summed E-state index contributed by atoms with van der Waals surface area (Å²) in [6.07, 6.45) is 5.12. The normalized spacial score (nSPS) is 26.8. The van der Waals surface area contributed by atoms with Gasteiger partial charge in [0.25, 0.3) is 0 Å². The molecule has 4 heteroatoms. The van der Waals surface area contributed by atoms with Crippen LogP contribution < -0.4 is 5.32 Å². The summed E-state index contributed by atoms with van der Waals surface area (Å²) >= 11 is 0. The molecular formula is C14H27N3O. The third-order valence-corrected chi connectivity index (χ3v) is 4.42. The first-order chi connectivity index (χ1) is 8.70. The molecule has 1 unspecified atom stereocenters. The molecule has 0 aromatic rings. The van der Waals surface area contributed by atoms with Gasteiger partial charge in [-0.3, -0.25) is 9.69 Å². The van der Waals surface area contributed by atoms with Crippen LogP contribution in [0, 0.1) is 0 Å². The smallest absolute Gasteiger partial charge is 0.236 e. The van der Waals surface area contributed by atoms with Crippen molar-refractivity contribution in [2.45, 2.75) is 51.6 Å². The molecule has 0 aromatic heterocycles. The molecule has 1 aliphatic carbocycles. The van der Waals surface area contributed by atoms with Crippen LogP contribution in [0.1, 0.15) is 39.5 Å². The minimum absolute atomic E-state index is 0.282. The van der Waals surface area contributed by atoms with Crippen molar-refractivity contribution in [1.82, 2.24) is 15.1 Å². The van der Waals surface area contributed by atoms with E-state index in [1.54, 1.807) is 0 Å². The summed E-state index contributed by atoms with van der Waals surface area (Å²) in [6.45, 7) is 8.82. The Balaban J connectivity index is 1.72. The fourth-order valence-electron chi connectivity index (χ4n) is 3.16. The van der Waals surface area contributed by atoms with Crippen LogP contribution in [0.15, 0.2) is 0 Å². The SMILES string of the molecule is CCN1CCN(C(=O)CNC2CCCC2)CC1C. The topological polar surface area (TPSA) is 35.6 Å². The zero-order valence-electron chi connectivity index (χ0n) is 11.8. The highest BCUT2D eigenvalue weighted by Crippen LogP contribution is 2.17. The molecule has 1 saturated heterocycles. The van der Waals surface area contributed by atoms with Crippen molar-refractivity contribution >= 4 is 5.91 Å². The second kappa shape index (κ2) is 6.53. The molecule has 1 saturated carbocycles. The minimum Gasteiger partial charge on any atom is -0.339 e. The van der Waals surface area contributed by atoms with Gasteiger partial charge in [0.1, 0.15) is 0 Å². The van der Waals surface area contributed by atoms with Crippen molar-refractivity contribution in [2.24, 2.45) is 0 Å². The van der Waals surface area contributed by atoms with Gasteiger partial charge in [0.05, 0.1) is 6.54 Å². The highest BCUT2D eigenvalue weighted by atomic mass is 16.2. The molecule has 0 bridgehead atoms. The lowest BCUT2D eigenvalue weighted by Crippen LogP contribution is -2.55. The Labute approximate surface area is 111 Å². The highest BCUT2D eigenvalue weighted by molar-refractivity contribution is 5.78. The van der Waals surface area contributed by atoms with Crippen LogP contribution in [-0.4, -0.2) is 60.5 Å². The van der Waals surface area contributed by atoms with E-state index in [0.29, 0.717) is 18.6 Å². The summed E-state index contributed by atoms with van der Waals surface area (Å²) < 4.78 is 0. The number of hydrogen-bond acceptors (Lipinski definition) is 3. The first-order valence-electron chi connectivity index (χ1n) is 7.46. The van der Waals surface area contributed by atoms with Gasteiger partial charge in [-0.25, -0.2) is 0 Å². The zero-order chi connectivity index (χ0) is 13.0. The Morgan fingerprint density at radius 3 is 2.61 bits per heavy atom. The molecule has 1 aliphatic heterocycles. The fraction of sp³-hybridized carbons (Fsp3) is 0.929. The first kappa shape index (κ1) is 13.8. The fourth-order valence-corrected chi connectivity index (χ4v) is 3.16. The van der Waals surface area contributed by atoms with Gasteiger partial charge in [-0.15, -0.1) is 0 Å². The van der Waals surface area contributed by atoms with Gasteiger partial charge in [-0.1, -0.05) is 19.8 Å². The lowest BCUT2D eigenvalue weighted by atomic mass is 10.2. The average Bonchev–Trinajstić information content (AvgIpc) is 2.89. The number of carbonyl (C=O) groups excluding carboxylic acids is 1. The van der Waals surface area contributed by atoms with Crippen LogP contribution in [0.2, 0.25) is 0 Å². The predicted octanol–water partition coefficient (Wildman–Crippen LogP) is 1.07. The molecular weight excluding hydrogens is 226 g/mol. The van der Waals surface area contributed by atoms with E-state index in [-0.39, 0.29) is 5.91 Å². The van der Waals surface area contributed by atoms with Gasteiger partial charge in [-0.2, -0.15) is 0 Å². The minimum atomic E-state index is 0.282. The van der Waals surface area contributed by atoms with Crippen LogP contribution in [0.5, 0.6) is 0 Å². The van der Waals surface area contributed by atoms with E-state index < -0.39 is 0 Å². The number of hydrogen-bond donors (Lipinski definition) is 1. The Hall–Kier alpha value is -0.610. The summed E-state index contributed by atoms with van der Waals surface area (Å²) in [5.41, 5.74) is 0. The van der Waals surface area contributed by atoms with Crippen LogP contribution in [-0.2, 0) is 4.79 Å². The number of piperazine rings is 1. The molecule has 0 radical (unpaired) electrons. The summed E-state index contributed by atoms with van der Waals surface area (Å²) in [7, 11) is 0. The molecule has 2 aliphatic rings. The maximum Gasteiger partial charge on any atom is 0.236 e. The molecule has 18 heavy (non-hydrogen) atoms. The maximum absolute atomic E-state index is 12.1. The number of rotatable bonds is 4. The van der Waals surface area contributed by atoms with Gasteiger partial charge in [0.15, 0.2) is 0 Å². The van der Waals surface area contributed by atoms with Crippen molar-refractivity contribution in [3.05, 3.63) is 0 Å². The second-order valence-electron chi connectivity index (χ2n) is 5.68. The molecule has 1 atom stereocenters. The number of carbonyl (C=O) groups is 1. The van der Waals surface area contributed by atoms with Crippen LogP contribution in [0.25, 0.3) is 0 Å². The van der Waals surface area contributed by atoms with Gasteiger partial charge in [0, 0.05) is 31.7 Å². The number of amides is 1. The summed E-state index contributed by atoms with van der Waals surface area (Å²) in [5, 5.41) is 3.41. The van der Waals surface area contributed by atoms with E-state index in [1.807, 2.05) is 4.90 Å². The molecule has 1 N–H and O–H groups in total. The Morgan fingerprint density at radius 1 is 1.28 bits per heavy atom.